The Labute approximate surface area is 124 Å². The van der Waals surface area contributed by atoms with Crippen LogP contribution >= 0.6 is 11.6 Å². The predicted octanol–water partition coefficient (Wildman–Crippen LogP) is 1.87. The molecule has 1 fully saturated rings. The molecule has 0 spiro atoms. The molecule has 1 saturated heterocycles. The lowest BCUT2D eigenvalue weighted by Crippen LogP contribution is -2.51. The molecule has 0 bridgehead atoms. The molecular formula is C14H21ClN4O. The van der Waals surface area contributed by atoms with Gasteiger partial charge in [-0.2, -0.15) is 0 Å². The van der Waals surface area contributed by atoms with Crippen LogP contribution < -0.4 is 5.73 Å². The van der Waals surface area contributed by atoms with Gasteiger partial charge in [-0.25, -0.2) is 4.98 Å². The van der Waals surface area contributed by atoms with Crippen LogP contribution in [-0.4, -0.2) is 52.9 Å². The van der Waals surface area contributed by atoms with E-state index in [4.69, 9.17) is 17.3 Å². The van der Waals surface area contributed by atoms with Crippen LogP contribution in [0.1, 0.15) is 30.6 Å². The number of nitrogens with zero attached hydrogens (tertiary/aromatic N) is 3. The molecule has 0 radical (unpaired) electrons. The third-order valence-corrected chi connectivity index (χ3v) is 4.15. The fraction of sp³-hybridized carbons (Fsp3) is 0.571. The fourth-order valence-electron chi connectivity index (χ4n) is 2.42. The number of amides is 1. The summed E-state index contributed by atoms with van der Waals surface area (Å²) < 4.78 is 0. The van der Waals surface area contributed by atoms with Gasteiger partial charge in [0, 0.05) is 32.2 Å². The number of nitrogen functional groups attached to an aromatic ring is 1. The van der Waals surface area contributed by atoms with Crippen LogP contribution in [0.3, 0.4) is 0 Å². The normalized spacial score (nSPS) is 18.1. The summed E-state index contributed by atoms with van der Waals surface area (Å²) in [6, 6.07) is 2.10. The number of hydrogen-bond donors (Lipinski definition) is 1. The topological polar surface area (TPSA) is 62.5 Å². The van der Waals surface area contributed by atoms with E-state index in [2.05, 4.69) is 23.7 Å². The van der Waals surface area contributed by atoms with E-state index in [9.17, 15) is 4.79 Å². The zero-order valence-corrected chi connectivity index (χ0v) is 12.7. The third kappa shape index (κ3) is 3.22. The highest BCUT2D eigenvalue weighted by molar-refractivity contribution is 6.29. The molecule has 1 unspecified atom stereocenters. The van der Waals surface area contributed by atoms with Gasteiger partial charge in [0.15, 0.2) is 0 Å². The zero-order chi connectivity index (χ0) is 14.7. The second-order valence-electron chi connectivity index (χ2n) is 5.18. The predicted molar refractivity (Wildman–Crippen MR) is 80.9 cm³/mol. The van der Waals surface area contributed by atoms with Gasteiger partial charge < -0.3 is 10.6 Å². The molecule has 1 atom stereocenters. The average molecular weight is 297 g/mol. The van der Waals surface area contributed by atoms with E-state index in [1.165, 1.54) is 6.20 Å². The van der Waals surface area contributed by atoms with Crippen molar-refractivity contribution in [3.05, 3.63) is 23.0 Å². The summed E-state index contributed by atoms with van der Waals surface area (Å²) in [4.78, 5) is 20.6. The minimum Gasteiger partial charge on any atom is -0.397 e. The maximum absolute atomic E-state index is 12.5. The number of piperazine rings is 1. The first-order valence-electron chi connectivity index (χ1n) is 6.97. The van der Waals surface area contributed by atoms with Crippen LogP contribution in [0, 0.1) is 0 Å². The molecule has 2 N–H and O–H groups in total. The van der Waals surface area contributed by atoms with Gasteiger partial charge in [0.1, 0.15) is 5.15 Å². The molecule has 2 heterocycles. The van der Waals surface area contributed by atoms with Crippen molar-refractivity contribution >= 4 is 23.2 Å². The summed E-state index contributed by atoms with van der Waals surface area (Å²) >= 11 is 5.84. The Hall–Kier alpha value is -1.33. The second-order valence-corrected chi connectivity index (χ2v) is 5.57. The van der Waals surface area contributed by atoms with Crippen molar-refractivity contribution in [2.45, 2.75) is 26.3 Å². The molecule has 1 aliphatic rings. The highest BCUT2D eigenvalue weighted by Gasteiger charge is 2.25. The first kappa shape index (κ1) is 15.1. The summed E-state index contributed by atoms with van der Waals surface area (Å²) in [5.74, 6) is -0.0596. The summed E-state index contributed by atoms with van der Waals surface area (Å²) in [6.45, 7) is 7.66. The smallest absolute Gasteiger partial charge is 0.256 e. The lowest BCUT2D eigenvalue weighted by atomic mass is 10.1. The van der Waals surface area contributed by atoms with Gasteiger partial charge in [-0.15, -0.1) is 0 Å². The Balaban J connectivity index is 2.03. The highest BCUT2D eigenvalue weighted by atomic mass is 35.5. The van der Waals surface area contributed by atoms with Gasteiger partial charge in [0.2, 0.25) is 0 Å². The number of halogens is 1. The lowest BCUT2D eigenvalue weighted by molar-refractivity contribution is 0.0580. The SMILES string of the molecule is CCC(C)N1CCN(C(=O)c2cc(Cl)ncc2N)CC1. The van der Waals surface area contributed by atoms with Gasteiger partial charge in [-0.3, -0.25) is 9.69 Å². The molecule has 0 aromatic carbocycles. The van der Waals surface area contributed by atoms with Crippen molar-refractivity contribution in [3.8, 4) is 0 Å². The Morgan fingerprint density at radius 1 is 1.45 bits per heavy atom. The van der Waals surface area contributed by atoms with Crippen molar-refractivity contribution in [1.82, 2.24) is 14.8 Å². The van der Waals surface area contributed by atoms with E-state index in [-0.39, 0.29) is 5.91 Å². The van der Waals surface area contributed by atoms with E-state index >= 15 is 0 Å². The van der Waals surface area contributed by atoms with Gasteiger partial charge in [0.05, 0.1) is 17.4 Å². The van der Waals surface area contributed by atoms with Crippen molar-refractivity contribution < 1.29 is 4.79 Å². The Morgan fingerprint density at radius 2 is 2.10 bits per heavy atom. The number of nitrogens with two attached hydrogens (primary N) is 1. The summed E-state index contributed by atoms with van der Waals surface area (Å²) in [7, 11) is 0. The number of aromatic nitrogens is 1. The van der Waals surface area contributed by atoms with Crippen molar-refractivity contribution in [3.63, 3.8) is 0 Å². The van der Waals surface area contributed by atoms with Gasteiger partial charge in [0.25, 0.3) is 5.91 Å². The number of pyridine rings is 1. The van der Waals surface area contributed by atoms with Crippen LogP contribution in [0.4, 0.5) is 5.69 Å². The fourth-order valence-corrected chi connectivity index (χ4v) is 2.58. The molecule has 5 nitrogen and oxygen atoms in total. The maximum atomic E-state index is 12.5. The first-order chi connectivity index (χ1) is 9.52. The van der Waals surface area contributed by atoms with Crippen LogP contribution in [0.15, 0.2) is 12.3 Å². The van der Waals surface area contributed by atoms with E-state index in [0.717, 1.165) is 32.6 Å². The molecule has 0 saturated carbocycles. The molecule has 20 heavy (non-hydrogen) atoms. The number of anilines is 1. The number of hydrogen-bond acceptors (Lipinski definition) is 4. The van der Waals surface area contributed by atoms with Crippen LogP contribution in [0.25, 0.3) is 0 Å². The highest BCUT2D eigenvalue weighted by Crippen LogP contribution is 2.18. The van der Waals surface area contributed by atoms with E-state index in [1.54, 1.807) is 6.07 Å². The minimum atomic E-state index is -0.0596. The first-order valence-corrected chi connectivity index (χ1v) is 7.35. The molecule has 1 amide bonds. The van der Waals surface area contributed by atoms with Crippen molar-refractivity contribution in [2.24, 2.45) is 0 Å². The van der Waals surface area contributed by atoms with Crippen molar-refractivity contribution in [1.29, 1.82) is 0 Å². The van der Waals surface area contributed by atoms with Gasteiger partial charge in [-0.1, -0.05) is 18.5 Å². The standard InChI is InChI=1S/C14H21ClN4O/c1-3-10(2)18-4-6-19(7-5-18)14(20)11-8-13(15)17-9-12(11)16/h8-10H,3-7,16H2,1-2H3. The monoisotopic (exact) mass is 296 g/mol. The zero-order valence-electron chi connectivity index (χ0n) is 12.0. The summed E-state index contributed by atoms with van der Waals surface area (Å²) in [5.41, 5.74) is 6.64. The Kier molecular flexibility index (Phi) is 4.83. The lowest BCUT2D eigenvalue weighted by Gasteiger charge is -2.38. The quantitative estimate of drug-likeness (QED) is 0.865. The van der Waals surface area contributed by atoms with E-state index in [0.29, 0.717) is 22.4 Å². The molecule has 2 rings (SSSR count). The van der Waals surface area contributed by atoms with E-state index < -0.39 is 0 Å². The molecule has 1 aliphatic heterocycles. The number of carbonyl (C=O) groups is 1. The Morgan fingerprint density at radius 3 is 2.70 bits per heavy atom. The third-order valence-electron chi connectivity index (χ3n) is 3.95. The second kappa shape index (κ2) is 6.41. The molecular weight excluding hydrogens is 276 g/mol. The number of carbonyl (C=O) groups excluding carboxylic acids is 1. The summed E-state index contributed by atoms with van der Waals surface area (Å²) in [6.07, 6.45) is 2.56. The van der Waals surface area contributed by atoms with Crippen LogP contribution in [-0.2, 0) is 0 Å². The molecule has 6 heteroatoms. The molecule has 110 valence electrons. The van der Waals surface area contributed by atoms with Gasteiger partial charge >= 0.3 is 0 Å². The molecule has 1 aromatic rings. The maximum Gasteiger partial charge on any atom is 0.256 e. The number of rotatable bonds is 3. The van der Waals surface area contributed by atoms with Crippen LogP contribution in [0.2, 0.25) is 5.15 Å². The minimum absolute atomic E-state index is 0.0596. The average Bonchev–Trinajstić information content (AvgIpc) is 2.48. The van der Waals surface area contributed by atoms with Gasteiger partial charge in [-0.05, 0) is 19.4 Å². The Bertz CT molecular complexity index is 486. The van der Waals surface area contributed by atoms with Crippen LogP contribution in [0.5, 0.6) is 0 Å². The molecule has 1 aromatic heterocycles. The largest absolute Gasteiger partial charge is 0.397 e. The molecule has 0 aliphatic carbocycles. The summed E-state index contributed by atoms with van der Waals surface area (Å²) in [5, 5.41) is 0.292. The van der Waals surface area contributed by atoms with E-state index in [1.807, 2.05) is 4.90 Å². The van der Waals surface area contributed by atoms with Crippen molar-refractivity contribution in [2.75, 3.05) is 31.9 Å².